The SMILES string of the molecule is O=c1cc(-c2ccc(OCc3ccccc3)c(OCc3ccccc3)c2)oc2cc(OCCO)ccc12. The first-order chi connectivity index (χ1) is 18.2. The Hall–Kier alpha value is -4.55. The predicted octanol–water partition coefficient (Wildman–Crippen LogP) is 5.99. The molecule has 0 bridgehead atoms. The average molecular weight is 495 g/mol. The van der Waals surface area contributed by atoms with Crippen LogP contribution in [0, 0.1) is 0 Å². The second-order valence-corrected chi connectivity index (χ2v) is 8.41. The van der Waals surface area contributed by atoms with Crippen molar-refractivity contribution in [1.82, 2.24) is 0 Å². The number of aliphatic hydroxyl groups excluding tert-OH is 1. The minimum Gasteiger partial charge on any atom is -0.491 e. The van der Waals surface area contributed by atoms with Crippen LogP contribution in [-0.4, -0.2) is 18.3 Å². The molecule has 1 aromatic heterocycles. The average Bonchev–Trinajstić information content (AvgIpc) is 2.95. The molecule has 0 atom stereocenters. The van der Waals surface area contributed by atoms with E-state index < -0.39 is 0 Å². The Bertz CT molecular complexity index is 1530. The topological polar surface area (TPSA) is 78.1 Å². The molecule has 0 amide bonds. The van der Waals surface area contributed by atoms with Crippen molar-refractivity contribution in [2.45, 2.75) is 13.2 Å². The molecule has 0 aliphatic rings. The van der Waals surface area contributed by atoms with Crippen LogP contribution in [0.3, 0.4) is 0 Å². The van der Waals surface area contributed by atoms with Crippen LogP contribution in [0.5, 0.6) is 17.2 Å². The van der Waals surface area contributed by atoms with Crippen molar-refractivity contribution in [3.8, 4) is 28.6 Å². The lowest BCUT2D eigenvalue weighted by atomic mass is 10.1. The fourth-order valence-corrected chi connectivity index (χ4v) is 3.89. The molecule has 0 aliphatic heterocycles. The van der Waals surface area contributed by atoms with Crippen LogP contribution in [0.15, 0.2) is 112 Å². The first-order valence-corrected chi connectivity index (χ1v) is 12.0. The van der Waals surface area contributed by atoms with E-state index >= 15 is 0 Å². The molecule has 0 saturated heterocycles. The Morgan fingerprint density at radius 3 is 2.03 bits per heavy atom. The van der Waals surface area contributed by atoms with Crippen LogP contribution in [0.25, 0.3) is 22.3 Å². The summed E-state index contributed by atoms with van der Waals surface area (Å²) in [5.74, 6) is 2.04. The number of aliphatic hydroxyl groups is 1. The molecule has 4 aromatic carbocycles. The zero-order valence-electron chi connectivity index (χ0n) is 20.1. The predicted molar refractivity (Wildman–Crippen MR) is 142 cm³/mol. The van der Waals surface area contributed by atoms with Gasteiger partial charge in [0, 0.05) is 17.7 Å². The third kappa shape index (κ3) is 6.00. The van der Waals surface area contributed by atoms with Crippen LogP contribution < -0.4 is 19.6 Å². The zero-order valence-corrected chi connectivity index (χ0v) is 20.1. The smallest absolute Gasteiger partial charge is 0.193 e. The molecular weight excluding hydrogens is 468 g/mol. The third-order valence-electron chi connectivity index (χ3n) is 5.76. The Balaban J connectivity index is 1.47. The summed E-state index contributed by atoms with van der Waals surface area (Å²) >= 11 is 0. The van der Waals surface area contributed by atoms with E-state index in [9.17, 15) is 4.79 Å². The van der Waals surface area contributed by atoms with Gasteiger partial charge in [-0.2, -0.15) is 0 Å². The van der Waals surface area contributed by atoms with Crippen molar-refractivity contribution in [3.63, 3.8) is 0 Å². The molecule has 0 fully saturated rings. The van der Waals surface area contributed by atoms with Gasteiger partial charge in [-0.05, 0) is 41.5 Å². The minimum absolute atomic E-state index is 0.105. The molecule has 0 spiro atoms. The van der Waals surface area contributed by atoms with E-state index in [0.717, 1.165) is 11.1 Å². The second kappa shape index (κ2) is 11.5. The number of benzene rings is 4. The normalized spacial score (nSPS) is 10.8. The molecular formula is C31H26O6. The summed E-state index contributed by atoms with van der Waals surface area (Å²) < 4.78 is 23.8. The maximum atomic E-state index is 12.8. The highest BCUT2D eigenvalue weighted by Crippen LogP contribution is 2.35. The summed E-state index contributed by atoms with van der Waals surface area (Å²) in [6.07, 6.45) is 0. The molecule has 186 valence electrons. The number of hydrogen-bond acceptors (Lipinski definition) is 6. The molecule has 0 unspecified atom stereocenters. The van der Waals surface area contributed by atoms with Crippen molar-refractivity contribution in [2.24, 2.45) is 0 Å². The third-order valence-corrected chi connectivity index (χ3v) is 5.76. The molecule has 6 nitrogen and oxygen atoms in total. The molecule has 0 saturated carbocycles. The van der Waals surface area contributed by atoms with Gasteiger partial charge in [0.1, 0.15) is 36.9 Å². The summed E-state index contributed by atoms with van der Waals surface area (Å²) in [5, 5.41) is 9.47. The maximum Gasteiger partial charge on any atom is 0.193 e. The van der Waals surface area contributed by atoms with Crippen molar-refractivity contribution in [1.29, 1.82) is 0 Å². The van der Waals surface area contributed by atoms with Gasteiger partial charge in [0.15, 0.2) is 16.9 Å². The molecule has 37 heavy (non-hydrogen) atoms. The Morgan fingerprint density at radius 1 is 0.676 bits per heavy atom. The standard InChI is InChI=1S/C31H26O6/c32-15-16-34-25-12-13-26-27(33)19-29(37-30(26)18-25)24-11-14-28(35-20-22-7-3-1-4-8-22)31(17-24)36-21-23-9-5-2-6-10-23/h1-14,17-19,32H,15-16,20-21H2. The van der Waals surface area contributed by atoms with E-state index in [1.807, 2.05) is 78.9 Å². The highest BCUT2D eigenvalue weighted by atomic mass is 16.5. The van der Waals surface area contributed by atoms with E-state index in [2.05, 4.69) is 0 Å². The number of rotatable bonds is 10. The molecule has 1 heterocycles. The second-order valence-electron chi connectivity index (χ2n) is 8.41. The van der Waals surface area contributed by atoms with E-state index in [1.54, 1.807) is 18.2 Å². The van der Waals surface area contributed by atoms with Crippen molar-refractivity contribution >= 4 is 11.0 Å². The summed E-state index contributed by atoms with van der Waals surface area (Å²) in [6, 6.07) is 31.7. The first-order valence-electron chi connectivity index (χ1n) is 12.0. The van der Waals surface area contributed by atoms with Gasteiger partial charge in [-0.3, -0.25) is 4.79 Å². The van der Waals surface area contributed by atoms with Crippen molar-refractivity contribution in [3.05, 3.63) is 124 Å². The maximum absolute atomic E-state index is 12.8. The van der Waals surface area contributed by atoms with Gasteiger partial charge in [0.05, 0.1) is 12.0 Å². The van der Waals surface area contributed by atoms with Gasteiger partial charge in [-0.25, -0.2) is 0 Å². The number of fused-ring (bicyclic) bond motifs is 1. The van der Waals surface area contributed by atoms with Crippen molar-refractivity contribution in [2.75, 3.05) is 13.2 Å². The minimum atomic E-state index is -0.166. The number of ether oxygens (including phenoxy) is 3. The van der Waals surface area contributed by atoms with Gasteiger partial charge in [-0.1, -0.05) is 60.7 Å². The first kappa shape index (κ1) is 24.2. The summed E-state index contributed by atoms with van der Waals surface area (Å²) in [5.41, 5.74) is 2.97. The molecule has 1 N–H and O–H groups in total. The van der Waals surface area contributed by atoms with Crippen LogP contribution in [0.2, 0.25) is 0 Å². The lowest BCUT2D eigenvalue weighted by Crippen LogP contribution is -2.04. The summed E-state index contributed by atoms with van der Waals surface area (Å²) in [4.78, 5) is 12.8. The number of hydrogen-bond donors (Lipinski definition) is 1. The van der Waals surface area contributed by atoms with Gasteiger partial charge in [-0.15, -0.1) is 0 Å². The van der Waals surface area contributed by atoms with E-state index in [-0.39, 0.29) is 18.6 Å². The Morgan fingerprint density at radius 2 is 1.35 bits per heavy atom. The van der Waals surface area contributed by atoms with Crippen LogP contribution in [-0.2, 0) is 13.2 Å². The summed E-state index contributed by atoms with van der Waals surface area (Å²) in [7, 11) is 0. The van der Waals surface area contributed by atoms with E-state index in [1.165, 1.54) is 6.07 Å². The molecule has 6 heteroatoms. The van der Waals surface area contributed by atoms with Crippen LogP contribution in [0.1, 0.15) is 11.1 Å². The molecule has 5 aromatic rings. The quantitative estimate of drug-likeness (QED) is 0.257. The zero-order chi connectivity index (χ0) is 25.5. The Labute approximate surface area is 214 Å². The van der Waals surface area contributed by atoms with Gasteiger partial charge in [0.25, 0.3) is 0 Å². The lowest BCUT2D eigenvalue weighted by Gasteiger charge is -2.15. The fraction of sp³-hybridized carbons (Fsp3) is 0.129. The van der Waals surface area contributed by atoms with E-state index in [4.69, 9.17) is 23.7 Å². The van der Waals surface area contributed by atoms with Crippen LogP contribution >= 0.6 is 0 Å². The molecule has 0 radical (unpaired) electrons. The van der Waals surface area contributed by atoms with Gasteiger partial charge >= 0.3 is 0 Å². The highest BCUT2D eigenvalue weighted by Gasteiger charge is 2.13. The molecule has 0 aliphatic carbocycles. The largest absolute Gasteiger partial charge is 0.491 e. The summed E-state index contributed by atoms with van der Waals surface area (Å²) in [6.45, 7) is 0.803. The van der Waals surface area contributed by atoms with Crippen LogP contribution in [0.4, 0.5) is 0 Å². The lowest BCUT2D eigenvalue weighted by molar-refractivity contribution is 0.201. The van der Waals surface area contributed by atoms with Gasteiger partial charge in [0.2, 0.25) is 0 Å². The fourth-order valence-electron chi connectivity index (χ4n) is 3.89. The monoisotopic (exact) mass is 494 g/mol. The van der Waals surface area contributed by atoms with Crippen molar-refractivity contribution < 1.29 is 23.7 Å². The Kier molecular flexibility index (Phi) is 7.48. The van der Waals surface area contributed by atoms with E-state index in [0.29, 0.717) is 52.8 Å². The van der Waals surface area contributed by atoms with Gasteiger partial charge < -0.3 is 23.7 Å². The highest BCUT2D eigenvalue weighted by molar-refractivity contribution is 5.80. The molecule has 5 rings (SSSR count).